The highest BCUT2D eigenvalue weighted by atomic mass is 32.2. The van der Waals surface area contributed by atoms with E-state index in [-0.39, 0.29) is 5.69 Å². The van der Waals surface area contributed by atoms with Crippen LogP contribution in [-0.2, 0) is 0 Å². The van der Waals surface area contributed by atoms with Crippen LogP contribution in [0.25, 0.3) is 0 Å². The van der Waals surface area contributed by atoms with Crippen molar-refractivity contribution < 1.29 is 4.92 Å². The van der Waals surface area contributed by atoms with Crippen LogP contribution in [0, 0.1) is 10.1 Å². The zero-order valence-corrected chi connectivity index (χ0v) is 7.30. The Morgan fingerprint density at radius 2 is 2.17 bits per heavy atom. The molecule has 4 nitrogen and oxygen atoms in total. The van der Waals surface area contributed by atoms with Crippen LogP contribution < -0.4 is 5.73 Å². The van der Waals surface area contributed by atoms with Crippen molar-refractivity contribution >= 4 is 23.1 Å². The van der Waals surface area contributed by atoms with E-state index >= 15 is 0 Å². The van der Waals surface area contributed by atoms with Crippen molar-refractivity contribution in [3.05, 3.63) is 28.3 Å². The van der Waals surface area contributed by atoms with Crippen molar-refractivity contribution in [3.63, 3.8) is 0 Å². The molecular formula is C7H8N2O2S. The second kappa shape index (κ2) is 3.44. The van der Waals surface area contributed by atoms with Gasteiger partial charge in [0.15, 0.2) is 0 Å². The van der Waals surface area contributed by atoms with Crippen LogP contribution in [0.15, 0.2) is 23.1 Å². The number of benzene rings is 1. The lowest BCUT2D eigenvalue weighted by Crippen LogP contribution is -1.91. The molecule has 0 atom stereocenters. The molecule has 0 fully saturated rings. The maximum absolute atomic E-state index is 10.4. The molecule has 1 rings (SSSR count). The zero-order valence-electron chi connectivity index (χ0n) is 6.48. The van der Waals surface area contributed by atoms with E-state index in [0.29, 0.717) is 5.69 Å². The number of rotatable bonds is 2. The predicted octanol–water partition coefficient (Wildman–Crippen LogP) is 1.90. The van der Waals surface area contributed by atoms with Gasteiger partial charge in [-0.3, -0.25) is 10.1 Å². The number of thioether (sulfide) groups is 1. The average Bonchev–Trinajstić information content (AvgIpc) is 2.03. The first-order valence-corrected chi connectivity index (χ1v) is 4.45. The molecule has 0 saturated carbocycles. The fourth-order valence-corrected chi connectivity index (χ4v) is 1.32. The zero-order chi connectivity index (χ0) is 9.14. The summed E-state index contributed by atoms with van der Waals surface area (Å²) < 4.78 is 0. The number of nitrogens with zero attached hydrogens (tertiary/aromatic N) is 1. The normalized spacial score (nSPS) is 9.75. The van der Waals surface area contributed by atoms with E-state index in [1.807, 2.05) is 6.26 Å². The third-order valence-electron chi connectivity index (χ3n) is 1.36. The second-order valence-corrected chi connectivity index (χ2v) is 3.10. The summed E-state index contributed by atoms with van der Waals surface area (Å²) in [7, 11) is 0. The van der Waals surface area contributed by atoms with Crippen LogP contribution >= 0.6 is 11.8 Å². The Labute approximate surface area is 73.9 Å². The van der Waals surface area contributed by atoms with Crippen molar-refractivity contribution in [2.45, 2.75) is 4.90 Å². The van der Waals surface area contributed by atoms with E-state index in [2.05, 4.69) is 0 Å². The van der Waals surface area contributed by atoms with Crippen molar-refractivity contribution in [2.75, 3.05) is 12.0 Å². The lowest BCUT2D eigenvalue weighted by Gasteiger charge is -1.98. The Morgan fingerprint density at radius 1 is 1.50 bits per heavy atom. The van der Waals surface area contributed by atoms with Crippen LogP contribution in [0.5, 0.6) is 0 Å². The molecule has 0 amide bonds. The number of anilines is 1. The van der Waals surface area contributed by atoms with Crippen LogP contribution in [0.2, 0.25) is 0 Å². The van der Waals surface area contributed by atoms with E-state index in [1.54, 1.807) is 6.07 Å². The second-order valence-electron chi connectivity index (χ2n) is 2.22. The largest absolute Gasteiger partial charge is 0.398 e. The highest BCUT2D eigenvalue weighted by Crippen LogP contribution is 2.24. The summed E-state index contributed by atoms with van der Waals surface area (Å²) in [6.45, 7) is 0. The smallest absolute Gasteiger partial charge is 0.272 e. The first-order valence-electron chi connectivity index (χ1n) is 3.22. The van der Waals surface area contributed by atoms with Crippen LogP contribution in [0.1, 0.15) is 0 Å². The Bertz CT molecular complexity index is 314. The molecule has 0 bridgehead atoms. The topological polar surface area (TPSA) is 69.2 Å². The third-order valence-corrected chi connectivity index (χ3v) is 2.07. The van der Waals surface area contributed by atoms with E-state index in [1.165, 1.54) is 23.9 Å². The Morgan fingerprint density at radius 3 is 2.67 bits per heavy atom. The van der Waals surface area contributed by atoms with E-state index in [4.69, 9.17) is 5.73 Å². The van der Waals surface area contributed by atoms with Gasteiger partial charge in [0, 0.05) is 22.7 Å². The van der Waals surface area contributed by atoms with Crippen molar-refractivity contribution in [1.82, 2.24) is 0 Å². The van der Waals surface area contributed by atoms with Gasteiger partial charge in [0.1, 0.15) is 0 Å². The molecule has 0 heterocycles. The Hall–Kier alpha value is -1.23. The van der Waals surface area contributed by atoms with Gasteiger partial charge in [-0.2, -0.15) is 0 Å². The number of nitro groups is 1. The minimum atomic E-state index is -0.448. The summed E-state index contributed by atoms with van der Waals surface area (Å²) in [6, 6.07) is 4.55. The molecule has 0 aromatic heterocycles. The highest BCUT2D eigenvalue weighted by Gasteiger charge is 2.07. The molecule has 0 aliphatic heterocycles. The monoisotopic (exact) mass is 184 g/mol. The summed E-state index contributed by atoms with van der Waals surface area (Å²) in [5, 5.41) is 10.4. The first-order chi connectivity index (χ1) is 5.63. The third kappa shape index (κ3) is 1.88. The van der Waals surface area contributed by atoms with Gasteiger partial charge in [-0.1, -0.05) is 0 Å². The van der Waals surface area contributed by atoms with Crippen LogP contribution in [-0.4, -0.2) is 11.2 Å². The number of nitrogens with two attached hydrogens (primary N) is 1. The van der Waals surface area contributed by atoms with Crippen molar-refractivity contribution in [1.29, 1.82) is 0 Å². The fraction of sp³-hybridized carbons (Fsp3) is 0.143. The number of nitrogen functional groups attached to an aromatic ring is 1. The minimum Gasteiger partial charge on any atom is -0.398 e. The molecular weight excluding hydrogens is 176 g/mol. The van der Waals surface area contributed by atoms with Gasteiger partial charge in [0.2, 0.25) is 0 Å². The lowest BCUT2D eigenvalue weighted by atomic mass is 10.3. The molecule has 2 N–H and O–H groups in total. The molecule has 0 saturated heterocycles. The molecule has 12 heavy (non-hydrogen) atoms. The molecule has 1 aromatic rings. The van der Waals surface area contributed by atoms with E-state index in [0.717, 1.165) is 4.90 Å². The molecule has 0 radical (unpaired) electrons. The maximum Gasteiger partial charge on any atom is 0.272 e. The summed E-state index contributed by atoms with van der Waals surface area (Å²) in [5.41, 5.74) is 5.92. The van der Waals surface area contributed by atoms with Crippen molar-refractivity contribution in [3.8, 4) is 0 Å². The summed E-state index contributed by atoms with van der Waals surface area (Å²) in [5.74, 6) is 0. The highest BCUT2D eigenvalue weighted by molar-refractivity contribution is 7.98. The van der Waals surface area contributed by atoms with Crippen molar-refractivity contribution in [2.24, 2.45) is 0 Å². The van der Waals surface area contributed by atoms with E-state index in [9.17, 15) is 10.1 Å². The summed E-state index contributed by atoms with van der Waals surface area (Å²) in [6.07, 6.45) is 1.85. The SMILES string of the molecule is CSc1cc(N)cc([N+](=O)[O-])c1. The quantitative estimate of drug-likeness (QED) is 0.330. The predicted molar refractivity (Wildman–Crippen MR) is 49.3 cm³/mol. The summed E-state index contributed by atoms with van der Waals surface area (Å²) in [4.78, 5) is 10.7. The molecule has 0 aliphatic carbocycles. The van der Waals surface area contributed by atoms with Crippen LogP contribution in [0.4, 0.5) is 11.4 Å². The molecule has 0 aliphatic rings. The molecule has 64 valence electrons. The van der Waals surface area contributed by atoms with Crippen LogP contribution in [0.3, 0.4) is 0 Å². The lowest BCUT2D eigenvalue weighted by molar-refractivity contribution is -0.385. The maximum atomic E-state index is 10.4. The number of nitro benzene ring substituents is 1. The number of non-ortho nitro benzene ring substituents is 1. The minimum absolute atomic E-state index is 0.0411. The molecule has 0 unspecified atom stereocenters. The summed E-state index contributed by atoms with van der Waals surface area (Å²) >= 11 is 1.43. The molecule has 5 heteroatoms. The van der Waals surface area contributed by atoms with Gasteiger partial charge in [0.05, 0.1) is 4.92 Å². The van der Waals surface area contributed by atoms with Gasteiger partial charge >= 0.3 is 0 Å². The van der Waals surface area contributed by atoms with Gasteiger partial charge in [-0.15, -0.1) is 11.8 Å². The van der Waals surface area contributed by atoms with Gasteiger partial charge < -0.3 is 5.73 Å². The molecule has 0 spiro atoms. The standard InChI is InChI=1S/C7H8N2O2S/c1-12-7-3-5(8)2-6(4-7)9(10)11/h2-4H,8H2,1H3. The number of hydrogen-bond donors (Lipinski definition) is 1. The fourth-order valence-electron chi connectivity index (χ4n) is 0.829. The first kappa shape index (κ1) is 8.86. The molecule has 1 aromatic carbocycles. The average molecular weight is 184 g/mol. The van der Waals surface area contributed by atoms with E-state index < -0.39 is 4.92 Å². The van der Waals surface area contributed by atoms with Gasteiger partial charge in [-0.05, 0) is 12.3 Å². The number of hydrogen-bond acceptors (Lipinski definition) is 4. The Balaban J connectivity index is 3.15. The van der Waals surface area contributed by atoms with Gasteiger partial charge in [0.25, 0.3) is 5.69 Å². The Kier molecular flexibility index (Phi) is 2.54. The van der Waals surface area contributed by atoms with Gasteiger partial charge in [-0.25, -0.2) is 0 Å².